The number of carbonyl (C=O) groups is 1. The molecule has 1 aromatic heterocycles. The Hall–Kier alpha value is -2.72. The maximum absolute atomic E-state index is 12.1. The molecule has 0 spiro atoms. The minimum absolute atomic E-state index is 0.106. The van der Waals surface area contributed by atoms with Crippen molar-refractivity contribution in [3.05, 3.63) is 58.3 Å². The summed E-state index contributed by atoms with van der Waals surface area (Å²) in [7, 11) is 0. The van der Waals surface area contributed by atoms with E-state index in [0.29, 0.717) is 23.3 Å². The molecular formula is C19H17BrN4O4S. The van der Waals surface area contributed by atoms with Crippen molar-refractivity contribution >= 4 is 33.6 Å². The number of aromatic amines is 1. The molecular weight excluding hydrogens is 460 g/mol. The first-order valence-electron chi connectivity index (χ1n) is 8.73. The third-order valence-corrected chi connectivity index (χ3v) is 5.34. The zero-order valence-corrected chi connectivity index (χ0v) is 17.6. The van der Waals surface area contributed by atoms with E-state index in [2.05, 4.69) is 36.4 Å². The first-order chi connectivity index (χ1) is 14.2. The van der Waals surface area contributed by atoms with E-state index in [1.165, 1.54) is 11.8 Å². The number of thioether (sulfide) groups is 1. The highest BCUT2D eigenvalue weighted by atomic mass is 79.9. The predicted octanol–water partition coefficient (Wildman–Crippen LogP) is 3.28. The number of amides is 1. The summed E-state index contributed by atoms with van der Waals surface area (Å²) in [4.78, 5) is 16.4. The second-order valence-corrected chi connectivity index (χ2v) is 7.92. The second kappa shape index (κ2) is 9.19. The molecule has 2 N–H and O–H groups in total. The lowest BCUT2D eigenvalue weighted by molar-refractivity contribution is -0.118. The molecule has 29 heavy (non-hydrogen) atoms. The zero-order chi connectivity index (χ0) is 20.1. The van der Waals surface area contributed by atoms with Crippen molar-refractivity contribution in [1.29, 1.82) is 0 Å². The average molecular weight is 477 g/mol. The SMILES string of the molecule is O=C(CSc1n[nH]c(COc2ccc(Br)cc2)n1)NCc1ccc2c(c1)OCO2. The normalized spacial score (nSPS) is 12.0. The number of benzene rings is 2. The summed E-state index contributed by atoms with van der Waals surface area (Å²) in [5.41, 5.74) is 0.942. The molecule has 10 heteroatoms. The lowest BCUT2D eigenvalue weighted by Gasteiger charge is -2.05. The second-order valence-electron chi connectivity index (χ2n) is 6.06. The molecule has 0 atom stereocenters. The number of H-pyrrole nitrogens is 1. The first kappa shape index (κ1) is 19.6. The van der Waals surface area contributed by atoms with E-state index in [-0.39, 0.29) is 25.1 Å². The van der Waals surface area contributed by atoms with Crippen LogP contribution in [0.25, 0.3) is 0 Å². The Kier molecular flexibility index (Phi) is 6.20. The van der Waals surface area contributed by atoms with Gasteiger partial charge in [0, 0.05) is 11.0 Å². The van der Waals surface area contributed by atoms with Crippen LogP contribution < -0.4 is 19.5 Å². The van der Waals surface area contributed by atoms with Gasteiger partial charge < -0.3 is 19.5 Å². The minimum atomic E-state index is -0.106. The van der Waals surface area contributed by atoms with Gasteiger partial charge in [0.25, 0.3) is 0 Å². The van der Waals surface area contributed by atoms with Crippen LogP contribution in [0.4, 0.5) is 0 Å². The fourth-order valence-corrected chi connectivity index (χ4v) is 3.43. The van der Waals surface area contributed by atoms with Crippen LogP contribution in [0.15, 0.2) is 52.1 Å². The molecule has 0 unspecified atom stereocenters. The standard InChI is InChI=1S/C19H17BrN4O4S/c20-13-2-4-14(5-3-13)26-9-17-22-19(24-23-17)29-10-18(25)21-8-12-1-6-15-16(7-12)28-11-27-15/h1-7H,8-11H2,(H,21,25)(H,22,23,24). The zero-order valence-electron chi connectivity index (χ0n) is 15.2. The van der Waals surface area contributed by atoms with Gasteiger partial charge in [0.1, 0.15) is 12.4 Å². The molecule has 3 aromatic rings. The van der Waals surface area contributed by atoms with Crippen molar-refractivity contribution in [3.8, 4) is 17.2 Å². The molecule has 8 nitrogen and oxygen atoms in total. The largest absolute Gasteiger partial charge is 0.486 e. The topological polar surface area (TPSA) is 98.4 Å². The van der Waals surface area contributed by atoms with Gasteiger partial charge in [0.15, 0.2) is 17.3 Å². The Bertz CT molecular complexity index is 996. The van der Waals surface area contributed by atoms with Crippen LogP contribution in [0.1, 0.15) is 11.4 Å². The summed E-state index contributed by atoms with van der Waals surface area (Å²) in [6, 6.07) is 13.1. The van der Waals surface area contributed by atoms with Gasteiger partial charge in [-0.05, 0) is 42.0 Å². The molecule has 1 aliphatic heterocycles. The molecule has 0 fully saturated rings. The van der Waals surface area contributed by atoms with E-state index >= 15 is 0 Å². The molecule has 1 amide bonds. The van der Waals surface area contributed by atoms with E-state index in [0.717, 1.165) is 21.5 Å². The van der Waals surface area contributed by atoms with Gasteiger partial charge in [-0.2, -0.15) is 0 Å². The molecule has 0 aliphatic carbocycles. The highest BCUT2D eigenvalue weighted by molar-refractivity contribution is 9.10. The van der Waals surface area contributed by atoms with Gasteiger partial charge in [-0.15, -0.1) is 5.10 Å². The monoisotopic (exact) mass is 476 g/mol. The number of aromatic nitrogens is 3. The van der Waals surface area contributed by atoms with E-state index in [1.54, 1.807) is 0 Å². The summed E-state index contributed by atoms with van der Waals surface area (Å²) < 4.78 is 17.2. The molecule has 0 radical (unpaired) electrons. The van der Waals surface area contributed by atoms with Crippen LogP contribution >= 0.6 is 27.7 Å². The van der Waals surface area contributed by atoms with Crippen LogP contribution in [0.3, 0.4) is 0 Å². The Morgan fingerprint density at radius 1 is 1.21 bits per heavy atom. The number of hydrogen-bond acceptors (Lipinski definition) is 7. The highest BCUT2D eigenvalue weighted by Gasteiger charge is 2.14. The van der Waals surface area contributed by atoms with Gasteiger partial charge in [-0.3, -0.25) is 9.89 Å². The molecule has 2 heterocycles. The number of nitrogens with zero attached hydrogens (tertiary/aromatic N) is 2. The number of ether oxygens (including phenoxy) is 3. The van der Waals surface area contributed by atoms with Gasteiger partial charge in [-0.25, -0.2) is 4.98 Å². The number of nitrogens with one attached hydrogen (secondary N) is 2. The Morgan fingerprint density at radius 2 is 2.03 bits per heavy atom. The quantitative estimate of drug-likeness (QED) is 0.481. The van der Waals surface area contributed by atoms with Crippen molar-refractivity contribution in [1.82, 2.24) is 20.5 Å². The number of hydrogen-bond donors (Lipinski definition) is 2. The van der Waals surface area contributed by atoms with Crippen molar-refractivity contribution in [2.75, 3.05) is 12.5 Å². The molecule has 0 saturated heterocycles. The van der Waals surface area contributed by atoms with Crippen molar-refractivity contribution in [3.63, 3.8) is 0 Å². The van der Waals surface area contributed by atoms with Crippen LogP contribution in [0, 0.1) is 0 Å². The van der Waals surface area contributed by atoms with E-state index in [4.69, 9.17) is 14.2 Å². The third-order valence-electron chi connectivity index (χ3n) is 3.96. The molecule has 2 aromatic carbocycles. The fourth-order valence-electron chi connectivity index (χ4n) is 2.52. The fraction of sp³-hybridized carbons (Fsp3) is 0.211. The summed E-state index contributed by atoms with van der Waals surface area (Å²) in [5.74, 6) is 2.86. The summed E-state index contributed by atoms with van der Waals surface area (Å²) >= 11 is 4.64. The van der Waals surface area contributed by atoms with Gasteiger partial charge in [0.05, 0.1) is 5.75 Å². The van der Waals surface area contributed by atoms with Crippen LogP contribution in [-0.2, 0) is 17.9 Å². The summed E-state index contributed by atoms with van der Waals surface area (Å²) in [5, 5.41) is 10.3. The Labute approximate surface area is 179 Å². The smallest absolute Gasteiger partial charge is 0.231 e. The number of carbonyl (C=O) groups excluding carboxylic acids is 1. The summed E-state index contributed by atoms with van der Waals surface area (Å²) in [6.07, 6.45) is 0. The maximum atomic E-state index is 12.1. The number of rotatable bonds is 8. The van der Waals surface area contributed by atoms with E-state index < -0.39 is 0 Å². The Balaban J connectivity index is 1.20. The minimum Gasteiger partial charge on any atom is -0.486 e. The third kappa shape index (κ3) is 5.42. The van der Waals surface area contributed by atoms with Crippen LogP contribution in [0.5, 0.6) is 17.2 Å². The number of halogens is 1. The molecule has 150 valence electrons. The molecule has 4 rings (SSSR count). The van der Waals surface area contributed by atoms with Gasteiger partial charge in [-0.1, -0.05) is 33.8 Å². The number of fused-ring (bicyclic) bond motifs is 1. The summed E-state index contributed by atoms with van der Waals surface area (Å²) in [6.45, 7) is 0.913. The molecule has 0 saturated carbocycles. The first-order valence-corrected chi connectivity index (χ1v) is 10.5. The highest BCUT2D eigenvalue weighted by Crippen LogP contribution is 2.32. The molecule has 1 aliphatic rings. The lowest BCUT2D eigenvalue weighted by Crippen LogP contribution is -2.24. The van der Waals surface area contributed by atoms with Crippen molar-refractivity contribution < 1.29 is 19.0 Å². The predicted molar refractivity (Wildman–Crippen MR) is 110 cm³/mol. The van der Waals surface area contributed by atoms with E-state index in [9.17, 15) is 4.79 Å². The van der Waals surface area contributed by atoms with Gasteiger partial charge >= 0.3 is 0 Å². The average Bonchev–Trinajstić information content (AvgIpc) is 3.39. The maximum Gasteiger partial charge on any atom is 0.231 e. The Morgan fingerprint density at radius 3 is 2.90 bits per heavy atom. The van der Waals surface area contributed by atoms with Crippen molar-refractivity contribution in [2.45, 2.75) is 18.3 Å². The van der Waals surface area contributed by atoms with Crippen LogP contribution in [0.2, 0.25) is 0 Å². The van der Waals surface area contributed by atoms with Crippen molar-refractivity contribution in [2.24, 2.45) is 0 Å². The lowest BCUT2D eigenvalue weighted by atomic mass is 10.2. The van der Waals surface area contributed by atoms with E-state index in [1.807, 2.05) is 42.5 Å². The van der Waals surface area contributed by atoms with Gasteiger partial charge in [0.2, 0.25) is 17.9 Å². The van der Waals surface area contributed by atoms with Crippen LogP contribution in [-0.4, -0.2) is 33.6 Å². The molecule has 0 bridgehead atoms.